The molecule has 0 saturated heterocycles. The lowest BCUT2D eigenvalue weighted by Gasteiger charge is -2.28. The quantitative estimate of drug-likeness (QED) is 0.649. The van der Waals surface area contributed by atoms with Gasteiger partial charge in [-0.3, -0.25) is 0 Å². The molecule has 1 aliphatic carbocycles. The molecule has 1 fully saturated rings. The van der Waals surface area contributed by atoms with E-state index in [4.69, 9.17) is 5.73 Å². The lowest BCUT2D eigenvalue weighted by Crippen LogP contribution is -2.26. The number of hydrogen-bond acceptors (Lipinski definition) is 4. The van der Waals surface area contributed by atoms with Gasteiger partial charge in [-0.25, -0.2) is 4.79 Å². The molecule has 2 atom stereocenters. The molecule has 3 N–H and O–H groups in total. The molecule has 1 saturated carbocycles. The minimum absolute atomic E-state index is 0.357. The molecule has 0 spiro atoms. The highest BCUT2D eigenvalue weighted by atomic mass is 16.5. The molecule has 1 aromatic carbocycles. The highest BCUT2D eigenvalue weighted by Gasteiger charge is 2.19. The summed E-state index contributed by atoms with van der Waals surface area (Å²) >= 11 is 0. The first kappa shape index (κ1) is 13.7. The van der Waals surface area contributed by atoms with Crippen molar-refractivity contribution < 1.29 is 9.53 Å². The zero-order valence-corrected chi connectivity index (χ0v) is 11.6. The molecular formula is C15H22N2O2. The van der Waals surface area contributed by atoms with Gasteiger partial charge in [0.25, 0.3) is 0 Å². The Morgan fingerprint density at radius 2 is 2.21 bits per heavy atom. The smallest absolute Gasteiger partial charge is 0.337 e. The molecule has 1 aromatic rings. The number of methoxy groups -OCH3 is 1. The fourth-order valence-electron chi connectivity index (χ4n) is 2.72. The SMILES string of the molecule is COC(=O)c1ccc(NC2CCCC(C)C2)c(N)c1. The van der Waals surface area contributed by atoms with Crippen LogP contribution in [0, 0.1) is 5.92 Å². The number of carbonyl (C=O) groups excluding carboxylic acids is 1. The summed E-state index contributed by atoms with van der Waals surface area (Å²) in [7, 11) is 1.37. The van der Waals surface area contributed by atoms with Crippen LogP contribution in [0.25, 0.3) is 0 Å². The Labute approximate surface area is 114 Å². The Hall–Kier alpha value is -1.71. The molecule has 19 heavy (non-hydrogen) atoms. The largest absolute Gasteiger partial charge is 0.465 e. The second kappa shape index (κ2) is 5.95. The van der Waals surface area contributed by atoms with Gasteiger partial charge in [-0.05, 0) is 37.0 Å². The van der Waals surface area contributed by atoms with Gasteiger partial charge in [0.1, 0.15) is 0 Å². The van der Waals surface area contributed by atoms with Crippen LogP contribution in [0.1, 0.15) is 43.0 Å². The summed E-state index contributed by atoms with van der Waals surface area (Å²) in [5.41, 5.74) is 7.99. The number of nitrogens with one attached hydrogen (secondary N) is 1. The molecule has 0 bridgehead atoms. The Balaban J connectivity index is 2.06. The van der Waals surface area contributed by atoms with Crippen LogP contribution in [-0.2, 0) is 4.74 Å². The topological polar surface area (TPSA) is 64.3 Å². The third kappa shape index (κ3) is 3.40. The maximum Gasteiger partial charge on any atom is 0.337 e. The second-order valence-electron chi connectivity index (χ2n) is 5.41. The Bertz CT molecular complexity index is 459. The number of carbonyl (C=O) groups is 1. The van der Waals surface area contributed by atoms with E-state index >= 15 is 0 Å². The predicted octanol–water partition coefficient (Wildman–Crippen LogP) is 3.05. The third-order valence-electron chi connectivity index (χ3n) is 3.77. The summed E-state index contributed by atoms with van der Waals surface area (Å²) in [6.45, 7) is 2.29. The highest BCUT2D eigenvalue weighted by molar-refractivity contribution is 5.91. The zero-order valence-electron chi connectivity index (χ0n) is 11.6. The van der Waals surface area contributed by atoms with Crippen LogP contribution in [0.3, 0.4) is 0 Å². The summed E-state index contributed by atoms with van der Waals surface area (Å²) in [6, 6.07) is 5.76. The van der Waals surface area contributed by atoms with Crippen molar-refractivity contribution >= 4 is 17.3 Å². The maximum absolute atomic E-state index is 11.4. The van der Waals surface area contributed by atoms with Crippen molar-refractivity contribution in [2.75, 3.05) is 18.2 Å². The van der Waals surface area contributed by atoms with Gasteiger partial charge < -0.3 is 15.8 Å². The number of benzene rings is 1. The molecule has 4 heteroatoms. The van der Waals surface area contributed by atoms with E-state index < -0.39 is 0 Å². The van der Waals surface area contributed by atoms with Crippen molar-refractivity contribution in [1.29, 1.82) is 0 Å². The van der Waals surface area contributed by atoms with E-state index in [2.05, 4.69) is 17.0 Å². The predicted molar refractivity (Wildman–Crippen MR) is 77.2 cm³/mol. The summed E-state index contributed by atoms with van der Waals surface area (Å²) in [5, 5.41) is 3.49. The molecule has 0 radical (unpaired) electrons. The molecular weight excluding hydrogens is 240 g/mol. The minimum atomic E-state index is -0.357. The van der Waals surface area contributed by atoms with Crippen LogP contribution in [0.15, 0.2) is 18.2 Å². The lowest BCUT2D eigenvalue weighted by molar-refractivity contribution is 0.0601. The van der Waals surface area contributed by atoms with Crippen LogP contribution in [0.5, 0.6) is 0 Å². The van der Waals surface area contributed by atoms with Gasteiger partial charge in [0.15, 0.2) is 0 Å². The Morgan fingerprint density at radius 1 is 1.42 bits per heavy atom. The molecule has 2 unspecified atom stereocenters. The van der Waals surface area contributed by atoms with Gasteiger partial charge >= 0.3 is 5.97 Å². The van der Waals surface area contributed by atoms with Gasteiger partial charge in [0.2, 0.25) is 0 Å². The average molecular weight is 262 g/mol. The first-order chi connectivity index (χ1) is 9.10. The lowest BCUT2D eigenvalue weighted by atomic mass is 9.87. The van der Waals surface area contributed by atoms with E-state index in [0.29, 0.717) is 17.3 Å². The van der Waals surface area contributed by atoms with Crippen molar-refractivity contribution in [2.24, 2.45) is 5.92 Å². The van der Waals surface area contributed by atoms with Crippen molar-refractivity contribution in [2.45, 2.75) is 38.6 Å². The number of nitrogens with two attached hydrogens (primary N) is 1. The fourth-order valence-corrected chi connectivity index (χ4v) is 2.72. The number of anilines is 2. The number of ether oxygens (including phenoxy) is 1. The zero-order chi connectivity index (χ0) is 13.8. The van der Waals surface area contributed by atoms with Crippen LogP contribution >= 0.6 is 0 Å². The Morgan fingerprint density at radius 3 is 2.84 bits per heavy atom. The first-order valence-corrected chi connectivity index (χ1v) is 6.84. The number of hydrogen-bond donors (Lipinski definition) is 2. The van der Waals surface area contributed by atoms with Crippen LogP contribution in [0.2, 0.25) is 0 Å². The monoisotopic (exact) mass is 262 g/mol. The van der Waals surface area contributed by atoms with Crippen molar-refractivity contribution in [3.63, 3.8) is 0 Å². The average Bonchev–Trinajstić information content (AvgIpc) is 2.40. The molecule has 2 rings (SSSR count). The van der Waals surface area contributed by atoms with Gasteiger partial charge in [-0.2, -0.15) is 0 Å². The van der Waals surface area contributed by atoms with E-state index in [-0.39, 0.29) is 5.97 Å². The van der Waals surface area contributed by atoms with Crippen molar-refractivity contribution in [1.82, 2.24) is 0 Å². The standard InChI is InChI=1S/C15H22N2O2/c1-10-4-3-5-12(8-10)17-14-7-6-11(9-13(14)16)15(18)19-2/h6-7,9-10,12,17H,3-5,8,16H2,1-2H3. The van der Waals surface area contributed by atoms with E-state index in [1.54, 1.807) is 12.1 Å². The van der Waals surface area contributed by atoms with E-state index in [9.17, 15) is 4.79 Å². The van der Waals surface area contributed by atoms with E-state index in [1.165, 1.54) is 32.8 Å². The fraction of sp³-hybridized carbons (Fsp3) is 0.533. The summed E-state index contributed by atoms with van der Waals surface area (Å²) in [4.78, 5) is 11.4. The van der Waals surface area contributed by atoms with Crippen LogP contribution in [0.4, 0.5) is 11.4 Å². The normalized spacial score (nSPS) is 22.8. The van der Waals surface area contributed by atoms with E-state index in [1.807, 2.05) is 6.07 Å². The van der Waals surface area contributed by atoms with Crippen molar-refractivity contribution in [3.05, 3.63) is 23.8 Å². The summed E-state index contributed by atoms with van der Waals surface area (Å²) in [5.74, 6) is 0.409. The molecule has 0 amide bonds. The molecule has 0 aromatic heterocycles. The molecule has 0 heterocycles. The highest BCUT2D eigenvalue weighted by Crippen LogP contribution is 2.28. The number of esters is 1. The third-order valence-corrected chi connectivity index (χ3v) is 3.77. The number of rotatable bonds is 3. The molecule has 1 aliphatic rings. The van der Waals surface area contributed by atoms with Crippen molar-refractivity contribution in [3.8, 4) is 0 Å². The van der Waals surface area contributed by atoms with Gasteiger partial charge in [0.05, 0.1) is 24.0 Å². The van der Waals surface area contributed by atoms with E-state index in [0.717, 1.165) is 11.6 Å². The van der Waals surface area contributed by atoms with Crippen LogP contribution < -0.4 is 11.1 Å². The minimum Gasteiger partial charge on any atom is -0.465 e. The molecule has 4 nitrogen and oxygen atoms in total. The molecule has 0 aliphatic heterocycles. The molecule has 104 valence electrons. The summed E-state index contributed by atoms with van der Waals surface area (Å²) < 4.78 is 4.68. The second-order valence-corrected chi connectivity index (χ2v) is 5.41. The van der Waals surface area contributed by atoms with Crippen LogP contribution in [-0.4, -0.2) is 19.1 Å². The Kier molecular flexibility index (Phi) is 4.30. The van der Waals surface area contributed by atoms with Gasteiger partial charge in [-0.1, -0.05) is 19.8 Å². The first-order valence-electron chi connectivity index (χ1n) is 6.84. The van der Waals surface area contributed by atoms with Gasteiger partial charge in [-0.15, -0.1) is 0 Å². The van der Waals surface area contributed by atoms with Gasteiger partial charge in [0, 0.05) is 6.04 Å². The number of nitrogen functional groups attached to an aromatic ring is 1. The maximum atomic E-state index is 11.4. The summed E-state index contributed by atoms with van der Waals surface area (Å²) in [6.07, 6.45) is 4.94.